The van der Waals surface area contributed by atoms with E-state index in [0.717, 1.165) is 32.5 Å². The molecule has 17 heavy (non-hydrogen) atoms. The van der Waals surface area contributed by atoms with Gasteiger partial charge < -0.3 is 15.5 Å². The largest absolute Gasteiger partial charge is 0.341 e. The molecule has 4 heteroatoms. The highest BCUT2D eigenvalue weighted by atomic mass is 16.2. The molecule has 1 fully saturated rings. The first-order valence-corrected chi connectivity index (χ1v) is 6.55. The first-order valence-electron chi connectivity index (χ1n) is 6.55. The van der Waals surface area contributed by atoms with Gasteiger partial charge in [0.2, 0.25) is 5.91 Å². The number of nitrogens with zero attached hydrogens (tertiary/aromatic N) is 2. The molecular formula is C13H27N3O. The van der Waals surface area contributed by atoms with E-state index in [2.05, 4.69) is 18.7 Å². The second-order valence-electron chi connectivity index (χ2n) is 5.93. The molecule has 1 rings (SSSR count). The van der Waals surface area contributed by atoms with E-state index in [-0.39, 0.29) is 11.3 Å². The van der Waals surface area contributed by atoms with Gasteiger partial charge in [-0.2, -0.15) is 0 Å². The van der Waals surface area contributed by atoms with Crippen molar-refractivity contribution in [3.63, 3.8) is 0 Å². The van der Waals surface area contributed by atoms with Crippen LogP contribution in [-0.2, 0) is 4.79 Å². The van der Waals surface area contributed by atoms with Crippen LogP contribution in [0.2, 0.25) is 0 Å². The molecule has 0 unspecified atom stereocenters. The van der Waals surface area contributed by atoms with E-state index in [1.165, 1.54) is 0 Å². The van der Waals surface area contributed by atoms with Crippen molar-refractivity contribution in [1.82, 2.24) is 9.80 Å². The Kier molecular flexibility index (Phi) is 4.95. The number of nitrogens with two attached hydrogens (primary N) is 1. The van der Waals surface area contributed by atoms with Gasteiger partial charge in [-0.25, -0.2) is 0 Å². The lowest BCUT2D eigenvalue weighted by Crippen LogP contribution is -2.45. The van der Waals surface area contributed by atoms with Gasteiger partial charge in [0.15, 0.2) is 0 Å². The molecule has 1 amide bonds. The number of carbonyl (C=O) groups excluding carboxylic acids is 1. The summed E-state index contributed by atoms with van der Waals surface area (Å²) >= 11 is 0. The van der Waals surface area contributed by atoms with Gasteiger partial charge in [-0.3, -0.25) is 4.79 Å². The molecule has 0 saturated heterocycles. The summed E-state index contributed by atoms with van der Waals surface area (Å²) in [6.45, 7) is 7.37. The molecule has 4 nitrogen and oxygen atoms in total. The quantitative estimate of drug-likeness (QED) is 0.716. The molecule has 1 aliphatic carbocycles. The number of hydrogen-bond acceptors (Lipinski definition) is 3. The Morgan fingerprint density at radius 1 is 1.29 bits per heavy atom. The Morgan fingerprint density at radius 3 is 2.24 bits per heavy atom. The Hall–Kier alpha value is -0.610. The van der Waals surface area contributed by atoms with E-state index in [1.807, 2.05) is 19.0 Å². The minimum Gasteiger partial charge on any atom is -0.341 e. The van der Waals surface area contributed by atoms with Crippen molar-refractivity contribution in [2.75, 3.05) is 40.3 Å². The summed E-state index contributed by atoms with van der Waals surface area (Å²) < 4.78 is 0. The highest BCUT2D eigenvalue weighted by Gasteiger charge is 2.50. The molecule has 100 valence electrons. The molecule has 2 N–H and O–H groups in total. The van der Waals surface area contributed by atoms with Gasteiger partial charge in [-0.05, 0) is 32.9 Å². The molecule has 0 radical (unpaired) electrons. The number of amides is 1. The molecule has 0 heterocycles. The van der Waals surface area contributed by atoms with Gasteiger partial charge in [0, 0.05) is 26.2 Å². The van der Waals surface area contributed by atoms with Crippen LogP contribution in [0.25, 0.3) is 0 Å². The average molecular weight is 241 g/mol. The van der Waals surface area contributed by atoms with Crippen LogP contribution in [0.15, 0.2) is 0 Å². The lowest BCUT2D eigenvalue weighted by molar-refractivity contribution is -0.137. The lowest BCUT2D eigenvalue weighted by Gasteiger charge is -2.29. The minimum atomic E-state index is -0.207. The van der Waals surface area contributed by atoms with E-state index in [0.29, 0.717) is 12.5 Å². The summed E-state index contributed by atoms with van der Waals surface area (Å²) in [6, 6.07) is 0. The fraction of sp³-hybridized carbons (Fsp3) is 0.923. The average Bonchev–Trinajstić information content (AvgIpc) is 3.03. The van der Waals surface area contributed by atoms with E-state index in [4.69, 9.17) is 5.73 Å². The fourth-order valence-electron chi connectivity index (χ4n) is 2.03. The second-order valence-corrected chi connectivity index (χ2v) is 5.93. The van der Waals surface area contributed by atoms with Gasteiger partial charge in [-0.1, -0.05) is 13.8 Å². The summed E-state index contributed by atoms with van der Waals surface area (Å²) in [5.41, 5.74) is 5.53. The maximum absolute atomic E-state index is 12.4. The summed E-state index contributed by atoms with van der Waals surface area (Å²) in [5.74, 6) is 0.783. The predicted molar refractivity (Wildman–Crippen MR) is 70.7 cm³/mol. The topological polar surface area (TPSA) is 49.6 Å². The summed E-state index contributed by atoms with van der Waals surface area (Å²) in [4.78, 5) is 16.6. The van der Waals surface area contributed by atoms with Crippen molar-refractivity contribution in [3.8, 4) is 0 Å². The molecular weight excluding hydrogens is 214 g/mol. The third-order valence-corrected chi connectivity index (χ3v) is 3.39. The van der Waals surface area contributed by atoms with E-state index < -0.39 is 0 Å². The van der Waals surface area contributed by atoms with Crippen LogP contribution in [0.1, 0.15) is 26.7 Å². The van der Waals surface area contributed by atoms with Crippen LogP contribution < -0.4 is 5.73 Å². The van der Waals surface area contributed by atoms with Gasteiger partial charge in [0.05, 0.1) is 5.41 Å². The molecule has 1 aliphatic rings. The zero-order valence-electron chi connectivity index (χ0n) is 11.7. The number of hydrogen-bond donors (Lipinski definition) is 1. The van der Waals surface area contributed by atoms with Crippen LogP contribution in [0.3, 0.4) is 0 Å². The zero-order valence-corrected chi connectivity index (χ0v) is 11.7. The molecule has 0 aromatic carbocycles. The Morgan fingerprint density at radius 2 is 1.88 bits per heavy atom. The van der Waals surface area contributed by atoms with Crippen LogP contribution in [-0.4, -0.2) is 56.0 Å². The number of likely N-dealkylation sites (N-methyl/N-ethyl adjacent to an activating group) is 1. The highest BCUT2D eigenvalue weighted by molar-refractivity contribution is 5.85. The zero-order chi connectivity index (χ0) is 13.1. The van der Waals surface area contributed by atoms with Crippen molar-refractivity contribution in [3.05, 3.63) is 0 Å². The van der Waals surface area contributed by atoms with Crippen molar-refractivity contribution in [2.24, 2.45) is 17.1 Å². The second kappa shape index (κ2) is 5.83. The van der Waals surface area contributed by atoms with Crippen molar-refractivity contribution < 1.29 is 4.79 Å². The van der Waals surface area contributed by atoms with E-state index >= 15 is 0 Å². The molecule has 1 saturated carbocycles. The molecule has 0 aromatic rings. The smallest absolute Gasteiger partial charge is 0.230 e. The molecule has 0 aromatic heterocycles. The van der Waals surface area contributed by atoms with Crippen LogP contribution in [0, 0.1) is 11.3 Å². The normalized spacial score (nSPS) is 17.6. The Bertz CT molecular complexity index is 259. The van der Waals surface area contributed by atoms with Crippen molar-refractivity contribution in [2.45, 2.75) is 26.7 Å². The van der Waals surface area contributed by atoms with Crippen molar-refractivity contribution in [1.29, 1.82) is 0 Å². The number of rotatable bonds is 7. The number of carbonyl (C=O) groups is 1. The lowest BCUT2D eigenvalue weighted by atomic mass is 10.0. The summed E-state index contributed by atoms with van der Waals surface area (Å²) in [7, 11) is 4.07. The van der Waals surface area contributed by atoms with Gasteiger partial charge in [-0.15, -0.1) is 0 Å². The van der Waals surface area contributed by atoms with E-state index in [1.54, 1.807) is 0 Å². The third-order valence-electron chi connectivity index (χ3n) is 3.39. The maximum Gasteiger partial charge on any atom is 0.230 e. The SMILES string of the molecule is CC(C)CN(CCN(C)C)C(=O)C1(CN)CC1. The van der Waals surface area contributed by atoms with Gasteiger partial charge in [0.25, 0.3) is 0 Å². The van der Waals surface area contributed by atoms with Crippen molar-refractivity contribution >= 4 is 5.91 Å². The van der Waals surface area contributed by atoms with Crippen LogP contribution in [0.4, 0.5) is 0 Å². The minimum absolute atomic E-state index is 0.207. The standard InChI is InChI=1S/C13H27N3O/c1-11(2)9-16(8-7-15(3)4)12(17)13(10-14)5-6-13/h11H,5-10,14H2,1-4H3. The predicted octanol–water partition coefficient (Wildman–Crippen LogP) is 0.772. The maximum atomic E-state index is 12.4. The van der Waals surface area contributed by atoms with E-state index in [9.17, 15) is 4.79 Å². The Balaban J connectivity index is 2.58. The summed E-state index contributed by atoms with van der Waals surface area (Å²) in [6.07, 6.45) is 1.94. The fourth-order valence-corrected chi connectivity index (χ4v) is 2.03. The molecule has 0 atom stereocenters. The third kappa shape index (κ3) is 3.96. The Labute approximate surface area is 105 Å². The first kappa shape index (κ1) is 14.5. The summed E-state index contributed by atoms with van der Waals surface area (Å²) in [5, 5.41) is 0. The first-order chi connectivity index (χ1) is 7.91. The van der Waals surface area contributed by atoms with Gasteiger partial charge >= 0.3 is 0 Å². The molecule has 0 aliphatic heterocycles. The van der Waals surface area contributed by atoms with Crippen LogP contribution in [0.5, 0.6) is 0 Å². The van der Waals surface area contributed by atoms with Crippen LogP contribution >= 0.6 is 0 Å². The molecule has 0 spiro atoms. The highest BCUT2D eigenvalue weighted by Crippen LogP contribution is 2.46. The monoisotopic (exact) mass is 241 g/mol. The molecule has 0 bridgehead atoms. The van der Waals surface area contributed by atoms with Gasteiger partial charge in [0.1, 0.15) is 0 Å².